The zero-order valence-electron chi connectivity index (χ0n) is 17.5. The summed E-state index contributed by atoms with van der Waals surface area (Å²) in [7, 11) is 0. The van der Waals surface area contributed by atoms with Gasteiger partial charge in [-0.15, -0.1) is 10.2 Å². The second-order valence-electron chi connectivity index (χ2n) is 8.09. The Morgan fingerprint density at radius 2 is 1.94 bits per heavy atom. The topological polar surface area (TPSA) is 72.7 Å². The minimum atomic E-state index is 0.149. The summed E-state index contributed by atoms with van der Waals surface area (Å²) in [5.74, 6) is 0.944. The van der Waals surface area contributed by atoms with E-state index in [9.17, 15) is 4.79 Å². The van der Waals surface area contributed by atoms with Gasteiger partial charge in [0.1, 0.15) is 5.52 Å². The van der Waals surface area contributed by atoms with Gasteiger partial charge in [0.15, 0.2) is 5.65 Å². The molecule has 4 aromatic rings. The summed E-state index contributed by atoms with van der Waals surface area (Å²) in [5.41, 5.74) is 5.32. The van der Waals surface area contributed by atoms with Crippen LogP contribution < -0.4 is 5.32 Å². The van der Waals surface area contributed by atoms with Gasteiger partial charge < -0.3 is 9.88 Å². The second kappa shape index (κ2) is 8.67. The second-order valence-corrected chi connectivity index (χ2v) is 9.15. The lowest BCUT2D eigenvalue weighted by Gasteiger charge is -2.09. The minimum Gasteiger partial charge on any atom is -0.353 e. The number of carbonyl (C=O) groups excluding carboxylic acids is 1. The van der Waals surface area contributed by atoms with Gasteiger partial charge in [-0.2, -0.15) is 0 Å². The number of rotatable bonds is 8. The number of amides is 1. The Morgan fingerprint density at radius 1 is 1.13 bits per heavy atom. The van der Waals surface area contributed by atoms with E-state index in [0.717, 1.165) is 53.6 Å². The molecule has 2 aromatic carbocycles. The number of benzene rings is 2. The van der Waals surface area contributed by atoms with Gasteiger partial charge >= 0.3 is 0 Å². The monoisotopic (exact) mass is 431 g/mol. The van der Waals surface area contributed by atoms with Crippen LogP contribution in [0.1, 0.15) is 36.8 Å². The number of aryl methyl sites for hydroxylation is 1. The van der Waals surface area contributed by atoms with Crippen LogP contribution in [0.4, 0.5) is 0 Å². The fraction of sp³-hybridized carbons (Fsp3) is 0.333. The van der Waals surface area contributed by atoms with Gasteiger partial charge in [-0.05, 0) is 43.4 Å². The lowest BCUT2D eigenvalue weighted by Crippen LogP contribution is -2.25. The molecule has 1 saturated carbocycles. The van der Waals surface area contributed by atoms with E-state index in [-0.39, 0.29) is 5.91 Å². The first-order chi connectivity index (χ1) is 15.2. The molecule has 5 rings (SSSR count). The number of fused-ring (bicyclic) bond motifs is 3. The Hall–Kier alpha value is -2.93. The molecule has 0 saturated heterocycles. The molecule has 0 aliphatic heterocycles. The van der Waals surface area contributed by atoms with Crippen LogP contribution in [-0.4, -0.2) is 37.5 Å². The van der Waals surface area contributed by atoms with Gasteiger partial charge in [0, 0.05) is 30.1 Å². The van der Waals surface area contributed by atoms with Crippen LogP contribution >= 0.6 is 11.8 Å². The Labute approximate surface area is 185 Å². The van der Waals surface area contributed by atoms with E-state index in [1.54, 1.807) is 11.8 Å². The molecule has 1 fully saturated rings. The van der Waals surface area contributed by atoms with Crippen molar-refractivity contribution in [3.63, 3.8) is 0 Å². The van der Waals surface area contributed by atoms with Crippen LogP contribution in [0.5, 0.6) is 0 Å². The molecule has 0 bridgehead atoms. The molecule has 0 spiro atoms. The maximum atomic E-state index is 11.9. The summed E-state index contributed by atoms with van der Waals surface area (Å²) in [6, 6.07) is 17.1. The highest BCUT2D eigenvalue weighted by Crippen LogP contribution is 2.28. The van der Waals surface area contributed by atoms with Gasteiger partial charge in [-0.3, -0.25) is 4.79 Å². The first kappa shape index (κ1) is 20.0. The highest BCUT2D eigenvalue weighted by molar-refractivity contribution is 7.99. The van der Waals surface area contributed by atoms with Crippen molar-refractivity contribution in [3.05, 3.63) is 59.7 Å². The Bertz CT molecular complexity index is 1250. The van der Waals surface area contributed by atoms with Crippen molar-refractivity contribution in [2.75, 3.05) is 5.75 Å². The smallest absolute Gasteiger partial charge is 0.220 e. The number of hydrogen-bond acceptors (Lipinski definition) is 5. The van der Waals surface area contributed by atoms with E-state index in [2.05, 4.69) is 63.4 Å². The fourth-order valence-corrected chi connectivity index (χ4v) is 4.51. The normalized spacial score (nSPS) is 13.7. The van der Waals surface area contributed by atoms with E-state index in [0.29, 0.717) is 17.6 Å². The van der Waals surface area contributed by atoms with Gasteiger partial charge in [-0.1, -0.05) is 54.2 Å². The molecule has 0 unspecified atom stereocenters. The minimum absolute atomic E-state index is 0.149. The van der Waals surface area contributed by atoms with Crippen LogP contribution in [0.15, 0.2) is 53.7 Å². The number of hydrogen-bond donors (Lipinski definition) is 1. The predicted octanol–water partition coefficient (Wildman–Crippen LogP) is 4.49. The van der Waals surface area contributed by atoms with Gasteiger partial charge in [0.25, 0.3) is 0 Å². The van der Waals surface area contributed by atoms with Crippen LogP contribution in [0.25, 0.3) is 22.1 Å². The molecule has 2 heterocycles. The lowest BCUT2D eigenvalue weighted by molar-refractivity contribution is -0.121. The van der Waals surface area contributed by atoms with Crippen molar-refractivity contribution in [3.8, 4) is 0 Å². The van der Waals surface area contributed by atoms with E-state index in [1.807, 2.05) is 12.1 Å². The SMILES string of the molecule is Cc1ccccc1Cn1c2ccccc2c2nnc(SCCCC(=O)NC3CC3)nc21. The average molecular weight is 432 g/mol. The van der Waals surface area contributed by atoms with E-state index in [1.165, 1.54) is 11.1 Å². The van der Waals surface area contributed by atoms with Gasteiger partial charge in [0.2, 0.25) is 11.1 Å². The standard InChI is InChI=1S/C24H25N5OS/c1-16-7-2-3-8-17(16)15-29-20-10-5-4-9-19(20)22-23(29)26-24(28-27-22)31-14-6-11-21(30)25-18-12-13-18/h2-5,7-10,18H,6,11-15H2,1H3,(H,25,30). The molecule has 1 amide bonds. The lowest BCUT2D eigenvalue weighted by atomic mass is 10.1. The molecular weight excluding hydrogens is 406 g/mol. The number of nitrogens with one attached hydrogen (secondary N) is 1. The van der Waals surface area contributed by atoms with Crippen LogP contribution in [0, 0.1) is 6.92 Å². The van der Waals surface area contributed by atoms with Crippen molar-refractivity contribution >= 4 is 39.7 Å². The third-order valence-electron chi connectivity index (χ3n) is 5.67. The van der Waals surface area contributed by atoms with Crippen molar-refractivity contribution in [2.24, 2.45) is 0 Å². The fourth-order valence-electron chi connectivity index (χ4n) is 3.79. The number of carbonyl (C=O) groups is 1. The predicted molar refractivity (Wildman–Crippen MR) is 124 cm³/mol. The summed E-state index contributed by atoms with van der Waals surface area (Å²) in [6.07, 6.45) is 3.59. The first-order valence-electron chi connectivity index (χ1n) is 10.8. The molecule has 6 nitrogen and oxygen atoms in total. The van der Waals surface area contributed by atoms with Gasteiger partial charge in [0.05, 0.1) is 5.52 Å². The summed E-state index contributed by atoms with van der Waals surface area (Å²) in [5, 5.41) is 13.6. The number of thioether (sulfide) groups is 1. The molecule has 158 valence electrons. The van der Waals surface area contributed by atoms with E-state index in [4.69, 9.17) is 4.98 Å². The number of para-hydroxylation sites is 1. The molecule has 1 N–H and O–H groups in total. The molecule has 1 aliphatic rings. The zero-order valence-corrected chi connectivity index (χ0v) is 18.4. The zero-order chi connectivity index (χ0) is 21.2. The average Bonchev–Trinajstić information content (AvgIpc) is 3.55. The van der Waals surface area contributed by atoms with Crippen LogP contribution in [-0.2, 0) is 11.3 Å². The molecular formula is C24H25N5OS. The van der Waals surface area contributed by atoms with Crippen molar-refractivity contribution < 1.29 is 4.79 Å². The third kappa shape index (κ3) is 4.42. The summed E-state index contributed by atoms with van der Waals surface area (Å²) < 4.78 is 2.23. The quantitative estimate of drug-likeness (QED) is 0.329. The third-order valence-corrected chi connectivity index (χ3v) is 6.59. The molecule has 0 atom stereocenters. The van der Waals surface area contributed by atoms with Crippen molar-refractivity contribution in [1.82, 2.24) is 25.1 Å². The largest absolute Gasteiger partial charge is 0.353 e. The maximum Gasteiger partial charge on any atom is 0.220 e. The highest BCUT2D eigenvalue weighted by Gasteiger charge is 2.22. The first-order valence-corrected chi connectivity index (χ1v) is 11.8. The number of aromatic nitrogens is 4. The maximum absolute atomic E-state index is 11.9. The summed E-state index contributed by atoms with van der Waals surface area (Å²) in [6.45, 7) is 2.87. The van der Waals surface area contributed by atoms with Gasteiger partial charge in [-0.25, -0.2) is 4.98 Å². The molecule has 2 aromatic heterocycles. The highest BCUT2D eigenvalue weighted by atomic mass is 32.2. The molecule has 7 heteroatoms. The van der Waals surface area contributed by atoms with E-state index >= 15 is 0 Å². The van der Waals surface area contributed by atoms with Crippen molar-refractivity contribution in [2.45, 2.75) is 50.4 Å². The summed E-state index contributed by atoms with van der Waals surface area (Å²) in [4.78, 5) is 16.7. The molecule has 31 heavy (non-hydrogen) atoms. The molecule has 0 radical (unpaired) electrons. The summed E-state index contributed by atoms with van der Waals surface area (Å²) >= 11 is 1.56. The Morgan fingerprint density at radius 3 is 2.77 bits per heavy atom. The van der Waals surface area contributed by atoms with Crippen LogP contribution in [0.2, 0.25) is 0 Å². The Kier molecular flexibility index (Phi) is 5.59. The van der Waals surface area contributed by atoms with Crippen LogP contribution in [0.3, 0.4) is 0 Å². The van der Waals surface area contributed by atoms with Crippen molar-refractivity contribution in [1.29, 1.82) is 0 Å². The molecule has 1 aliphatic carbocycles. The van der Waals surface area contributed by atoms with E-state index < -0.39 is 0 Å². The number of nitrogens with zero attached hydrogens (tertiary/aromatic N) is 4. The Balaban J connectivity index is 1.38.